The van der Waals surface area contributed by atoms with E-state index in [-0.39, 0.29) is 36.7 Å². The molecule has 0 unspecified atom stereocenters. The van der Waals surface area contributed by atoms with Crippen LogP contribution in [0.5, 0.6) is 0 Å². The summed E-state index contributed by atoms with van der Waals surface area (Å²) in [5.74, 6) is -0.894. The topological polar surface area (TPSA) is 128 Å². The molecule has 3 aliphatic heterocycles. The van der Waals surface area contributed by atoms with Crippen molar-refractivity contribution in [2.75, 3.05) is 39.3 Å². The number of aromatic nitrogens is 1. The summed E-state index contributed by atoms with van der Waals surface area (Å²) in [6, 6.07) is 1.86. The monoisotopic (exact) mass is 443 g/mol. The maximum absolute atomic E-state index is 13.3. The third-order valence-electron chi connectivity index (χ3n) is 6.55. The molecule has 4 rings (SSSR count). The highest BCUT2D eigenvalue weighted by Gasteiger charge is 2.40. The number of carbonyl (C=O) groups is 4. The lowest BCUT2D eigenvalue weighted by Crippen LogP contribution is -2.86. The Labute approximate surface area is 187 Å². The Morgan fingerprint density at radius 1 is 1.16 bits per heavy atom. The van der Waals surface area contributed by atoms with Crippen LogP contribution in [-0.4, -0.2) is 89.8 Å². The molecular weight excluding hydrogens is 412 g/mol. The van der Waals surface area contributed by atoms with Crippen molar-refractivity contribution in [1.82, 2.24) is 25.4 Å². The van der Waals surface area contributed by atoms with Gasteiger partial charge in [0.2, 0.25) is 17.7 Å². The minimum absolute atomic E-state index is 0.0339. The number of amides is 4. The molecule has 0 radical (unpaired) electrons. The van der Waals surface area contributed by atoms with Crippen molar-refractivity contribution in [3.63, 3.8) is 0 Å². The minimum Gasteiger partial charge on any atom is -0.354 e. The number of nitrogens with zero attached hydrogens (tertiary/aromatic N) is 3. The van der Waals surface area contributed by atoms with Crippen molar-refractivity contribution < 1.29 is 24.5 Å². The number of quaternary nitrogens is 1. The lowest BCUT2D eigenvalue weighted by Gasteiger charge is -2.42. The summed E-state index contributed by atoms with van der Waals surface area (Å²) in [7, 11) is 0. The second kappa shape index (κ2) is 10.1. The van der Waals surface area contributed by atoms with Crippen LogP contribution in [0, 0.1) is 5.92 Å². The summed E-state index contributed by atoms with van der Waals surface area (Å²) in [6.45, 7) is 3.23. The maximum Gasteiger partial charge on any atom is 0.256 e. The second-order valence-electron chi connectivity index (χ2n) is 8.68. The van der Waals surface area contributed by atoms with E-state index in [1.807, 2.05) is 0 Å². The van der Waals surface area contributed by atoms with Crippen molar-refractivity contribution >= 4 is 23.6 Å². The summed E-state index contributed by atoms with van der Waals surface area (Å²) in [5.41, 5.74) is 0.392. The van der Waals surface area contributed by atoms with E-state index < -0.39 is 18.0 Å². The molecule has 3 fully saturated rings. The van der Waals surface area contributed by atoms with Gasteiger partial charge in [-0.05, 0) is 25.0 Å². The number of nitrogens with one attached hydrogen (secondary N) is 2. The minimum atomic E-state index is -0.856. The van der Waals surface area contributed by atoms with E-state index in [1.54, 1.807) is 23.2 Å². The summed E-state index contributed by atoms with van der Waals surface area (Å²) >= 11 is 0. The Morgan fingerprint density at radius 2 is 1.97 bits per heavy atom. The molecule has 3 aliphatic rings. The Kier molecular flexibility index (Phi) is 6.99. The zero-order chi connectivity index (χ0) is 22.5. The van der Waals surface area contributed by atoms with E-state index in [1.165, 1.54) is 11.1 Å². The van der Waals surface area contributed by atoms with Crippen LogP contribution in [0.2, 0.25) is 0 Å². The van der Waals surface area contributed by atoms with Gasteiger partial charge in [0.15, 0.2) is 0 Å². The first-order valence-corrected chi connectivity index (χ1v) is 11.4. The van der Waals surface area contributed by atoms with Crippen LogP contribution in [0.3, 0.4) is 0 Å². The van der Waals surface area contributed by atoms with Crippen LogP contribution < -0.4 is 16.0 Å². The zero-order valence-corrected chi connectivity index (χ0v) is 18.2. The Morgan fingerprint density at radius 3 is 2.69 bits per heavy atom. The van der Waals surface area contributed by atoms with Crippen molar-refractivity contribution in [2.45, 2.75) is 37.8 Å². The number of pyridine rings is 1. The van der Waals surface area contributed by atoms with E-state index >= 15 is 0 Å². The summed E-state index contributed by atoms with van der Waals surface area (Å²) in [5, 5.41) is 7.78. The number of piperazine rings is 1. The van der Waals surface area contributed by atoms with Gasteiger partial charge in [-0.2, -0.15) is 0 Å². The molecule has 4 N–H and O–H groups in total. The standard InChI is InChI=1S/C22H30N6O4/c29-19-17(4-2-8-25-19)26-20(30)18-14-27(21(31)15-5-9-23-10-6-15)11-12-28(18)22(32)16-3-1-7-24-13-16/h1,3,7,13,15,17-18,23H,2,4-6,8-12,14H2,(H,25,29)(H,26,30)/p+1/t17-,18+/m0/s1. The highest BCUT2D eigenvalue weighted by molar-refractivity contribution is 5.99. The molecule has 0 bridgehead atoms. The van der Waals surface area contributed by atoms with Crippen LogP contribution in [-0.2, 0) is 14.4 Å². The molecule has 172 valence electrons. The second-order valence-corrected chi connectivity index (χ2v) is 8.68. The predicted octanol–water partition coefficient (Wildman–Crippen LogP) is -1.90. The molecule has 1 aromatic rings. The molecule has 2 atom stereocenters. The van der Waals surface area contributed by atoms with Crippen molar-refractivity contribution in [3.8, 4) is 0 Å². The molecule has 4 amide bonds. The van der Waals surface area contributed by atoms with Gasteiger partial charge in [0.05, 0.1) is 25.2 Å². The fourth-order valence-electron chi connectivity index (χ4n) is 4.72. The molecule has 0 aromatic carbocycles. The van der Waals surface area contributed by atoms with E-state index in [9.17, 15) is 19.2 Å². The van der Waals surface area contributed by atoms with Gasteiger partial charge in [-0.1, -0.05) is 0 Å². The molecule has 0 saturated carbocycles. The Bertz CT molecular complexity index is 857. The van der Waals surface area contributed by atoms with Crippen LogP contribution >= 0.6 is 0 Å². The molecular formula is C22H31N6O4+. The van der Waals surface area contributed by atoms with Crippen molar-refractivity contribution in [2.24, 2.45) is 5.92 Å². The number of hydrogen-bond donors (Lipinski definition) is 3. The normalized spacial score (nSPS) is 24.6. The van der Waals surface area contributed by atoms with Crippen LogP contribution in [0.4, 0.5) is 0 Å². The lowest BCUT2D eigenvalue weighted by atomic mass is 9.95. The van der Waals surface area contributed by atoms with Gasteiger partial charge in [-0.3, -0.25) is 24.2 Å². The first-order chi connectivity index (χ1) is 15.5. The zero-order valence-electron chi connectivity index (χ0n) is 18.2. The van der Waals surface area contributed by atoms with Crippen molar-refractivity contribution in [1.29, 1.82) is 0 Å². The van der Waals surface area contributed by atoms with Gasteiger partial charge in [0.25, 0.3) is 5.91 Å². The van der Waals surface area contributed by atoms with E-state index in [0.717, 1.165) is 32.4 Å². The first kappa shape index (κ1) is 22.2. The number of nitrogens with two attached hydrogens (primary N) is 1. The fraction of sp³-hybridized carbons (Fsp3) is 0.591. The smallest absolute Gasteiger partial charge is 0.256 e. The molecule has 1 aromatic heterocycles. The van der Waals surface area contributed by atoms with E-state index in [0.29, 0.717) is 25.1 Å². The van der Waals surface area contributed by atoms with Crippen molar-refractivity contribution in [3.05, 3.63) is 30.1 Å². The van der Waals surface area contributed by atoms with Gasteiger partial charge in [0, 0.05) is 50.8 Å². The largest absolute Gasteiger partial charge is 0.354 e. The SMILES string of the molecule is O=C1NCCC[C@@H]1NC(=O)[C@H]1CN(C(=O)C2CC[NH2+]CC2)CCN1C(=O)c1cccnc1. The van der Waals surface area contributed by atoms with Gasteiger partial charge in [0.1, 0.15) is 12.1 Å². The van der Waals surface area contributed by atoms with Crippen LogP contribution in [0.25, 0.3) is 0 Å². The fourth-order valence-corrected chi connectivity index (χ4v) is 4.72. The molecule has 3 saturated heterocycles. The third kappa shape index (κ3) is 4.90. The lowest BCUT2D eigenvalue weighted by molar-refractivity contribution is -0.664. The molecule has 10 nitrogen and oxygen atoms in total. The molecule has 4 heterocycles. The highest BCUT2D eigenvalue weighted by atomic mass is 16.2. The highest BCUT2D eigenvalue weighted by Crippen LogP contribution is 2.20. The quantitative estimate of drug-likeness (QED) is 0.501. The predicted molar refractivity (Wildman–Crippen MR) is 114 cm³/mol. The summed E-state index contributed by atoms with van der Waals surface area (Å²) in [4.78, 5) is 58.9. The van der Waals surface area contributed by atoms with Gasteiger partial charge in [-0.15, -0.1) is 0 Å². The Balaban J connectivity index is 1.51. The van der Waals surface area contributed by atoms with Crippen LogP contribution in [0.15, 0.2) is 24.5 Å². The number of piperidine rings is 2. The number of hydrogen-bond acceptors (Lipinski definition) is 5. The Hall–Kier alpha value is -3.01. The van der Waals surface area contributed by atoms with Gasteiger partial charge in [-0.25, -0.2) is 0 Å². The maximum atomic E-state index is 13.3. The summed E-state index contributed by atoms with van der Waals surface area (Å²) < 4.78 is 0. The molecule has 32 heavy (non-hydrogen) atoms. The average Bonchev–Trinajstić information content (AvgIpc) is 2.85. The molecule has 0 spiro atoms. The van der Waals surface area contributed by atoms with Gasteiger partial charge >= 0.3 is 0 Å². The average molecular weight is 444 g/mol. The molecule has 0 aliphatic carbocycles. The van der Waals surface area contributed by atoms with E-state index in [4.69, 9.17) is 0 Å². The van der Waals surface area contributed by atoms with E-state index in [2.05, 4.69) is 20.9 Å². The van der Waals surface area contributed by atoms with Crippen LogP contribution in [0.1, 0.15) is 36.0 Å². The summed E-state index contributed by atoms with van der Waals surface area (Å²) in [6.07, 6.45) is 6.05. The number of carbonyl (C=O) groups excluding carboxylic acids is 4. The molecule has 10 heteroatoms. The number of rotatable bonds is 4. The first-order valence-electron chi connectivity index (χ1n) is 11.4. The third-order valence-corrected chi connectivity index (χ3v) is 6.55. The van der Waals surface area contributed by atoms with Gasteiger partial charge < -0.3 is 25.8 Å².